The number of hydrogen-bond donors (Lipinski definition) is 1. The van der Waals surface area contributed by atoms with Crippen molar-refractivity contribution in [3.63, 3.8) is 0 Å². The smallest absolute Gasteiger partial charge is 0.331 e. The largest absolute Gasteiger partial charge is 0.478 e. The molecule has 1 heterocycles. The topological polar surface area (TPSA) is 49.8 Å². The second-order valence-corrected chi connectivity index (χ2v) is 6.12. The summed E-state index contributed by atoms with van der Waals surface area (Å²) in [6, 6.07) is 0. The number of aliphatic carboxylic acids is 1. The van der Waals surface area contributed by atoms with Gasteiger partial charge in [-0.15, -0.1) is 0 Å². The maximum absolute atomic E-state index is 11.2. The summed E-state index contributed by atoms with van der Waals surface area (Å²) in [6.07, 6.45) is 7.72. The Morgan fingerprint density at radius 1 is 1.44 bits per heavy atom. The average Bonchev–Trinajstić information content (AvgIpc) is 3.04. The van der Waals surface area contributed by atoms with Crippen LogP contribution in [0.2, 0.25) is 0 Å². The van der Waals surface area contributed by atoms with E-state index >= 15 is 0 Å². The summed E-state index contributed by atoms with van der Waals surface area (Å²) in [4.78, 5) is 11.2. The summed E-state index contributed by atoms with van der Waals surface area (Å²) >= 11 is 0. The van der Waals surface area contributed by atoms with E-state index in [1.54, 1.807) is 0 Å². The lowest BCUT2D eigenvalue weighted by Crippen LogP contribution is -2.21. The van der Waals surface area contributed by atoms with E-state index in [0.29, 0.717) is 12.0 Å². The molecule has 1 N–H and O–H groups in total. The van der Waals surface area contributed by atoms with Gasteiger partial charge in [-0.2, -0.15) is 0 Å². The molecule has 0 amide bonds. The average molecular weight is 250 g/mol. The van der Waals surface area contributed by atoms with Gasteiger partial charge in [0.15, 0.2) is 0 Å². The van der Waals surface area contributed by atoms with Gasteiger partial charge in [-0.05, 0) is 31.6 Å². The van der Waals surface area contributed by atoms with Crippen LogP contribution in [0.4, 0.5) is 0 Å². The van der Waals surface area contributed by atoms with Gasteiger partial charge in [-0.1, -0.05) is 31.6 Å². The first-order valence-corrected chi connectivity index (χ1v) is 6.63. The van der Waals surface area contributed by atoms with Crippen molar-refractivity contribution >= 4 is 5.97 Å². The first kappa shape index (κ1) is 13.3. The molecular weight excluding hydrogens is 228 g/mol. The summed E-state index contributed by atoms with van der Waals surface area (Å²) < 4.78 is 5.69. The molecule has 0 bridgehead atoms. The number of carboxylic acid groups (broad SMARTS) is 1. The van der Waals surface area contributed by atoms with Crippen molar-refractivity contribution in [2.75, 3.05) is 0 Å². The minimum absolute atomic E-state index is 0.0918. The van der Waals surface area contributed by atoms with Crippen LogP contribution >= 0.6 is 0 Å². The van der Waals surface area contributed by atoms with Crippen molar-refractivity contribution in [1.82, 2.24) is 0 Å². The predicted molar refractivity (Wildman–Crippen MR) is 70.4 cm³/mol. The number of hydrogen-bond acceptors (Lipinski definition) is 2. The van der Waals surface area contributed by atoms with E-state index in [2.05, 4.69) is 26.8 Å². The molecule has 1 aliphatic carbocycles. The predicted octanol–water partition coefficient (Wildman–Crippen LogP) is 3.31. The number of carboxylic acids is 1. The maximum Gasteiger partial charge on any atom is 0.331 e. The highest BCUT2D eigenvalue weighted by atomic mass is 16.6. The van der Waals surface area contributed by atoms with E-state index in [9.17, 15) is 9.90 Å². The van der Waals surface area contributed by atoms with Crippen LogP contribution in [0.15, 0.2) is 23.3 Å². The van der Waals surface area contributed by atoms with Gasteiger partial charge < -0.3 is 9.84 Å². The molecule has 1 aliphatic heterocycles. The number of rotatable bonds is 1. The molecule has 3 heteroatoms. The third-order valence-corrected chi connectivity index (χ3v) is 3.95. The summed E-state index contributed by atoms with van der Waals surface area (Å²) in [6.45, 7) is 6.51. The molecule has 1 fully saturated rings. The molecule has 0 saturated carbocycles. The Balaban J connectivity index is 2.18. The fraction of sp³-hybridized carbons (Fsp3) is 0.667. The van der Waals surface area contributed by atoms with Crippen molar-refractivity contribution in [3.8, 4) is 0 Å². The Morgan fingerprint density at radius 3 is 2.83 bits per heavy atom. The van der Waals surface area contributed by atoms with Gasteiger partial charge in [0.1, 0.15) is 0 Å². The molecular formula is C15H22O3. The van der Waals surface area contributed by atoms with Crippen LogP contribution in [0.5, 0.6) is 0 Å². The number of epoxide rings is 1. The van der Waals surface area contributed by atoms with Crippen molar-refractivity contribution in [1.29, 1.82) is 0 Å². The van der Waals surface area contributed by atoms with Crippen molar-refractivity contribution in [2.45, 2.75) is 58.7 Å². The summed E-state index contributed by atoms with van der Waals surface area (Å²) in [7, 11) is 0. The Kier molecular flexibility index (Phi) is 3.62. The SMILES string of the molecule is C/C1=C\CC(C)(C)[C@H]2O[C@@H]2C/C(C(=O)O)=C/CC1. The highest BCUT2D eigenvalue weighted by molar-refractivity contribution is 5.86. The monoisotopic (exact) mass is 250 g/mol. The molecule has 2 aliphatic rings. The number of allylic oxidation sites excluding steroid dienone is 3. The van der Waals surface area contributed by atoms with E-state index in [0.717, 1.165) is 19.3 Å². The fourth-order valence-corrected chi connectivity index (χ4v) is 2.59. The van der Waals surface area contributed by atoms with Crippen LogP contribution in [0, 0.1) is 5.41 Å². The van der Waals surface area contributed by atoms with E-state index in [1.165, 1.54) is 5.57 Å². The van der Waals surface area contributed by atoms with Crippen molar-refractivity contribution in [2.24, 2.45) is 5.41 Å². The van der Waals surface area contributed by atoms with Gasteiger partial charge in [-0.3, -0.25) is 0 Å². The zero-order valence-electron chi connectivity index (χ0n) is 11.4. The quantitative estimate of drug-likeness (QED) is 0.573. The molecule has 0 aromatic carbocycles. The van der Waals surface area contributed by atoms with E-state index in [4.69, 9.17) is 4.74 Å². The molecule has 0 radical (unpaired) electrons. The zero-order chi connectivity index (χ0) is 13.3. The normalized spacial score (nSPS) is 37.3. The van der Waals surface area contributed by atoms with Crippen LogP contribution in [0.25, 0.3) is 0 Å². The molecule has 2 rings (SSSR count). The van der Waals surface area contributed by atoms with Gasteiger partial charge in [0.05, 0.1) is 12.2 Å². The minimum atomic E-state index is -0.803. The Bertz CT molecular complexity index is 404. The van der Waals surface area contributed by atoms with Gasteiger partial charge >= 0.3 is 5.97 Å². The summed E-state index contributed by atoms with van der Waals surface area (Å²) in [5, 5.41) is 9.18. The second-order valence-electron chi connectivity index (χ2n) is 6.12. The molecule has 100 valence electrons. The molecule has 3 nitrogen and oxygen atoms in total. The molecule has 0 aromatic rings. The molecule has 0 unspecified atom stereocenters. The molecule has 0 aromatic heterocycles. The first-order chi connectivity index (χ1) is 8.40. The van der Waals surface area contributed by atoms with E-state index < -0.39 is 5.97 Å². The van der Waals surface area contributed by atoms with E-state index in [1.807, 2.05) is 6.08 Å². The Hall–Kier alpha value is -1.09. The number of carbonyl (C=O) groups is 1. The number of fused-ring (bicyclic) bond motifs is 1. The van der Waals surface area contributed by atoms with Gasteiger partial charge in [0.25, 0.3) is 0 Å². The van der Waals surface area contributed by atoms with Gasteiger partial charge in [-0.25, -0.2) is 4.79 Å². The molecule has 18 heavy (non-hydrogen) atoms. The molecule has 2 atom stereocenters. The Labute approximate surface area is 109 Å². The first-order valence-electron chi connectivity index (χ1n) is 6.63. The van der Waals surface area contributed by atoms with Crippen LogP contribution in [-0.4, -0.2) is 23.3 Å². The van der Waals surface area contributed by atoms with Gasteiger partial charge in [0.2, 0.25) is 0 Å². The Morgan fingerprint density at radius 2 is 2.17 bits per heavy atom. The second kappa shape index (κ2) is 4.88. The minimum Gasteiger partial charge on any atom is -0.478 e. The summed E-state index contributed by atoms with van der Waals surface area (Å²) in [5.41, 5.74) is 1.94. The third kappa shape index (κ3) is 3.02. The summed E-state index contributed by atoms with van der Waals surface area (Å²) in [5.74, 6) is -0.803. The van der Waals surface area contributed by atoms with E-state index in [-0.39, 0.29) is 17.6 Å². The number of ether oxygens (including phenoxy) is 1. The standard InChI is InChI=1S/C15H22O3/c1-10-5-4-6-11(14(16)17)9-12-13(18-12)15(2,3)8-7-10/h6-7,12-13H,4-5,8-9H2,1-3H3,(H,16,17)/b10-7+,11-6-/t12-,13+/m1/s1. The highest BCUT2D eigenvalue weighted by Gasteiger charge is 2.49. The maximum atomic E-state index is 11.2. The lowest BCUT2D eigenvalue weighted by Gasteiger charge is -2.20. The molecule has 1 saturated heterocycles. The van der Waals surface area contributed by atoms with Crippen molar-refractivity contribution in [3.05, 3.63) is 23.3 Å². The lowest BCUT2D eigenvalue weighted by atomic mass is 9.82. The zero-order valence-corrected chi connectivity index (χ0v) is 11.4. The third-order valence-electron chi connectivity index (χ3n) is 3.95. The van der Waals surface area contributed by atoms with Crippen LogP contribution in [0.3, 0.4) is 0 Å². The van der Waals surface area contributed by atoms with Crippen molar-refractivity contribution < 1.29 is 14.6 Å². The fourth-order valence-electron chi connectivity index (χ4n) is 2.59. The van der Waals surface area contributed by atoms with Crippen LogP contribution in [-0.2, 0) is 9.53 Å². The van der Waals surface area contributed by atoms with Gasteiger partial charge in [0, 0.05) is 12.0 Å². The van der Waals surface area contributed by atoms with Crippen LogP contribution in [0.1, 0.15) is 46.5 Å². The lowest BCUT2D eigenvalue weighted by molar-refractivity contribution is -0.132. The molecule has 0 spiro atoms. The highest BCUT2D eigenvalue weighted by Crippen LogP contribution is 2.44. The van der Waals surface area contributed by atoms with Crippen LogP contribution < -0.4 is 0 Å².